The van der Waals surface area contributed by atoms with Crippen LogP contribution in [-0.2, 0) is 11.3 Å². The minimum absolute atomic E-state index is 0.201. The van der Waals surface area contributed by atoms with Crippen LogP contribution in [0, 0.1) is 11.8 Å². The van der Waals surface area contributed by atoms with Crippen molar-refractivity contribution in [1.29, 1.82) is 0 Å². The molecular formula is C17H26N4O3. The van der Waals surface area contributed by atoms with Crippen LogP contribution >= 0.6 is 0 Å². The van der Waals surface area contributed by atoms with Gasteiger partial charge in [0.25, 0.3) is 0 Å². The van der Waals surface area contributed by atoms with Gasteiger partial charge in [0, 0.05) is 19.3 Å². The van der Waals surface area contributed by atoms with Crippen LogP contribution in [-0.4, -0.2) is 44.9 Å². The molecule has 1 saturated heterocycles. The lowest BCUT2D eigenvalue weighted by molar-refractivity contribution is -0.143. The van der Waals surface area contributed by atoms with E-state index in [9.17, 15) is 14.7 Å². The number of carbonyl (C=O) groups is 2. The van der Waals surface area contributed by atoms with Crippen molar-refractivity contribution in [2.24, 2.45) is 11.8 Å². The molecular weight excluding hydrogens is 308 g/mol. The van der Waals surface area contributed by atoms with Crippen LogP contribution < -0.4 is 5.32 Å². The maximum atomic E-state index is 12.3. The molecule has 7 nitrogen and oxygen atoms in total. The highest BCUT2D eigenvalue weighted by atomic mass is 16.4. The van der Waals surface area contributed by atoms with E-state index >= 15 is 0 Å². The molecule has 2 atom stereocenters. The van der Waals surface area contributed by atoms with Gasteiger partial charge < -0.3 is 15.3 Å². The Morgan fingerprint density at radius 2 is 2.08 bits per heavy atom. The minimum atomic E-state index is -0.824. The van der Waals surface area contributed by atoms with Crippen LogP contribution in [0.3, 0.4) is 0 Å². The summed E-state index contributed by atoms with van der Waals surface area (Å²) in [5, 5.41) is 16.6. The predicted molar refractivity (Wildman–Crippen MR) is 88.4 cm³/mol. The van der Waals surface area contributed by atoms with E-state index < -0.39 is 11.9 Å². The van der Waals surface area contributed by atoms with E-state index in [1.165, 1.54) is 25.7 Å². The molecule has 1 aromatic heterocycles. The van der Waals surface area contributed by atoms with Crippen molar-refractivity contribution >= 4 is 12.0 Å². The van der Waals surface area contributed by atoms with Gasteiger partial charge in [-0.2, -0.15) is 5.10 Å². The number of carboxylic acid groups (broad SMARTS) is 1. The van der Waals surface area contributed by atoms with Gasteiger partial charge in [-0.05, 0) is 31.2 Å². The number of piperidine rings is 1. The van der Waals surface area contributed by atoms with Crippen molar-refractivity contribution < 1.29 is 14.7 Å². The standard InChI is InChI=1S/C17H26N4O3/c1-12-8-13(16(22)23)11-20(10-12)17(24)18-9-14-6-7-21(19-14)15-4-2-3-5-15/h6-7,12-13,15H,2-5,8-11H2,1H3,(H,18,24)(H,22,23). The van der Waals surface area contributed by atoms with Crippen LogP contribution in [0.1, 0.15) is 50.8 Å². The molecule has 132 valence electrons. The highest BCUT2D eigenvalue weighted by Gasteiger charge is 2.31. The zero-order chi connectivity index (χ0) is 17.1. The van der Waals surface area contributed by atoms with Crippen LogP contribution in [0.4, 0.5) is 4.79 Å². The zero-order valence-electron chi connectivity index (χ0n) is 14.1. The lowest BCUT2D eigenvalue weighted by Gasteiger charge is -2.34. The van der Waals surface area contributed by atoms with E-state index in [4.69, 9.17) is 0 Å². The number of aliphatic carboxylic acids is 1. The van der Waals surface area contributed by atoms with Crippen LogP contribution in [0.15, 0.2) is 12.3 Å². The first-order valence-electron chi connectivity index (χ1n) is 8.82. The predicted octanol–water partition coefficient (Wildman–Crippen LogP) is 2.25. The molecule has 2 fully saturated rings. The van der Waals surface area contributed by atoms with Gasteiger partial charge in [-0.25, -0.2) is 4.79 Å². The number of carbonyl (C=O) groups excluding carboxylic acids is 1. The molecule has 2 N–H and O–H groups in total. The number of likely N-dealkylation sites (tertiary alicyclic amines) is 1. The van der Waals surface area contributed by atoms with Crippen LogP contribution in [0.2, 0.25) is 0 Å². The van der Waals surface area contributed by atoms with E-state index in [1.807, 2.05) is 23.9 Å². The number of urea groups is 1. The first kappa shape index (κ1) is 16.8. The summed E-state index contributed by atoms with van der Waals surface area (Å²) in [6, 6.07) is 2.23. The van der Waals surface area contributed by atoms with Gasteiger partial charge in [0.1, 0.15) is 0 Å². The lowest BCUT2D eigenvalue weighted by Crippen LogP contribution is -2.49. The van der Waals surface area contributed by atoms with Crippen molar-refractivity contribution in [1.82, 2.24) is 20.0 Å². The number of hydrogen-bond donors (Lipinski definition) is 2. The number of amides is 2. The summed E-state index contributed by atoms with van der Waals surface area (Å²) in [7, 11) is 0. The molecule has 1 saturated carbocycles. The average Bonchev–Trinajstić information content (AvgIpc) is 3.23. The molecule has 0 radical (unpaired) electrons. The third-order valence-electron chi connectivity index (χ3n) is 5.08. The molecule has 3 rings (SSSR count). The van der Waals surface area contributed by atoms with Gasteiger partial charge in [-0.1, -0.05) is 19.8 Å². The van der Waals surface area contributed by atoms with Crippen molar-refractivity contribution in [2.75, 3.05) is 13.1 Å². The van der Waals surface area contributed by atoms with Crippen LogP contribution in [0.25, 0.3) is 0 Å². The zero-order valence-corrected chi connectivity index (χ0v) is 14.1. The molecule has 2 unspecified atom stereocenters. The SMILES string of the molecule is CC1CC(C(=O)O)CN(C(=O)NCc2ccn(C3CCCC3)n2)C1. The summed E-state index contributed by atoms with van der Waals surface area (Å²) < 4.78 is 2.01. The number of nitrogens with zero attached hydrogens (tertiary/aromatic N) is 3. The Hall–Kier alpha value is -2.05. The Labute approximate surface area is 142 Å². The molecule has 24 heavy (non-hydrogen) atoms. The number of hydrogen-bond acceptors (Lipinski definition) is 3. The third kappa shape index (κ3) is 3.88. The second-order valence-corrected chi connectivity index (χ2v) is 7.17. The topological polar surface area (TPSA) is 87.5 Å². The normalized spacial score (nSPS) is 25.0. The van der Waals surface area contributed by atoms with Gasteiger partial charge in [-0.15, -0.1) is 0 Å². The van der Waals surface area contributed by atoms with Crippen molar-refractivity contribution in [2.45, 2.75) is 51.6 Å². The maximum Gasteiger partial charge on any atom is 0.317 e. The second kappa shape index (κ2) is 7.23. The summed E-state index contributed by atoms with van der Waals surface area (Å²) in [4.78, 5) is 25.2. The van der Waals surface area contributed by atoms with E-state index in [-0.39, 0.29) is 18.5 Å². The number of nitrogens with one attached hydrogen (secondary N) is 1. The van der Waals surface area contributed by atoms with Crippen molar-refractivity contribution in [3.8, 4) is 0 Å². The highest BCUT2D eigenvalue weighted by Crippen LogP contribution is 2.28. The molecule has 0 spiro atoms. The fourth-order valence-electron chi connectivity index (χ4n) is 3.82. The molecule has 7 heteroatoms. The second-order valence-electron chi connectivity index (χ2n) is 7.17. The third-order valence-corrected chi connectivity index (χ3v) is 5.08. The number of carboxylic acids is 1. The van der Waals surface area contributed by atoms with E-state index in [1.54, 1.807) is 4.90 Å². The first-order chi connectivity index (χ1) is 11.5. The molecule has 2 amide bonds. The lowest BCUT2D eigenvalue weighted by atomic mass is 9.91. The maximum absolute atomic E-state index is 12.3. The molecule has 2 aliphatic rings. The Morgan fingerprint density at radius 3 is 2.79 bits per heavy atom. The van der Waals surface area contributed by atoms with Gasteiger partial charge in [0.2, 0.25) is 0 Å². The van der Waals surface area contributed by atoms with E-state index in [2.05, 4.69) is 10.4 Å². The number of aromatic nitrogens is 2. The molecule has 2 heterocycles. The Bertz CT molecular complexity index is 594. The van der Waals surface area contributed by atoms with Gasteiger partial charge >= 0.3 is 12.0 Å². The monoisotopic (exact) mass is 334 g/mol. The van der Waals surface area contributed by atoms with Crippen molar-refractivity contribution in [3.63, 3.8) is 0 Å². The highest BCUT2D eigenvalue weighted by molar-refractivity contribution is 5.76. The molecule has 1 aliphatic carbocycles. The Kier molecular flexibility index (Phi) is 5.06. The van der Waals surface area contributed by atoms with Crippen LogP contribution in [0.5, 0.6) is 0 Å². The Balaban J connectivity index is 1.52. The minimum Gasteiger partial charge on any atom is -0.481 e. The molecule has 1 aromatic rings. The van der Waals surface area contributed by atoms with E-state index in [0.717, 1.165) is 5.69 Å². The molecule has 0 aromatic carbocycles. The molecule has 0 bridgehead atoms. The van der Waals surface area contributed by atoms with Gasteiger partial charge in [0.05, 0.1) is 24.2 Å². The summed E-state index contributed by atoms with van der Waals surface area (Å²) in [6.45, 7) is 3.24. The molecule has 1 aliphatic heterocycles. The fraction of sp³-hybridized carbons (Fsp3) is 0.706. The summed E-state index contributed by atoms with van der Waals surface area (Å²) >= 11 is 0. The summed E-state index contributed by atoms with van der Waals surface area (Å²) in [5.74, 6) is -1.09. The quantitative estimate of drug-likeness (QED) is 0.884. The summed E-state index contributed by atoms with van der Waals surface area (Å²) in [6.07, 6.45) is 7.49. The van der Waals surface area contributed by atoms with Gasteiger partial charge in [0.15, 0.2) is 0 Å². The smallest absolute Gasteiger partial charge is 0.317 e. The average molecular weight is 334 g/mol. The summed E-state index contributed by atoms with van der Waals surface area (Å²) in [5.41, 5.74) is 0.843. The first-order valence-corrected chi connectivity index (χ1v) is 8.82. The fourth-order valence-corrected chi connectivity index (χ4v) is 3.82. The largest absolute Gasteiger partial charge is 0.481 e. The van der Waals surface area contributed by atoms with E-state index in [0.29, 0.717) is 25.6 Å². The number of rotatable bonds is 4. The van der Waals surface area contributed by atoms with Gasteiger partial charge in [-0.3, -0.25) is 9.48 Å². The van der Waals surface area contributed by atoms with Crippen molar-refractivity contribution in [3.05, 3.63) is 18.0 Å². The Morgan fingerprint density at radius 1 is 1.33 bits per heavy atom.